The van der Waals surface area contributed by atoms with Gasteiger partial charge < -0.3 is 9.47 Å². The van der Waals surface area contributed by atoms with Crippen molar-refractivity contribution in [1.29, 1.82) is 0 Å². The van der Waals surface area contributed by atoms with Gasteiger partial charge in [-0.25, -0.2) is 0 Å². The molecule has 11 heavy (non-hydrogen) atoms. The Hall–Kier alpha value is 0.210. The Kier molecular flexibility index (Phi) is 8.47. The quantitative estimate of drug-likeness (QED) is 0.340. The Bertz CT molecular complexity index is 78.5. The second kappa shape index (κ2) is 8.31. The summed E-state index contributed by atoms with van der Waals surface area (Å²) in [7, 11) is 0. The van der Waals surface area contributed by atoms with Crippen molar-refractivity contribution in [2.75, 3.05) is 19.1 Å². The van der Waals surface area contributed by atoms with Crippen molar-refractivity contribution >= 4 is 11.6 Å². The van der Waals surface area contributed by atoms with Crippen molar-refractivity contribution in [2.45, 2.75) is 33.0 Å². The summed E-state index contributed by atoms with van der Waals surface area (Å²) >= 11 is 5.49. The molecule has 0 N–H and O–H groups in total. The second-order valence-electron chi connectivity index (χ2n) is 2.29. The maximum Gasteiger partial charge on any atom is 0.154 e. The fourth-order valence-electron chi connectivity index (χ4n) is 0.729. The topological polar surface area (TPSA) is 18.5 Å². The largest absolute Gasteiger partial charge is 0.353 e. The van der Waals surface area contributed by atoms with Gasteiger partial charge in [0, 0.05) is 19.1 Å². The fourth-order valence-corrected chi connectivity index (χ4v) is 0.918. The lowest BCUT2D eigenvalue weighted by molar-refractivity contribution is -0.127. The van der Waals surface area contributed by atoms with Crippen molar-refractivity contribution in [3.8, 4) is 0 Å². The molecule has 1 unspecified atom stereocenters. The predicted octanol–water partition coefficient (Wildman–Crippen LogP) is 2.40. The zero-order valence-electron chi connectivity index (χ0n) is 7.31. The minimum atomic E-state index is -0.0738. The van der Waals surface area contributed by atoms with Crippen molar-refractivity contribution in [1.82, 2.24) is 0 Å². The van der Waals surface area contributed by atoms with Crippen LogP contribution in [0.5, 0.6) is 0 Å². The molecule has 0 bridgehead atoms. The van der Waals surface area contributed by atoms with Crippen molar-refractivity contribution in [2.24, 2.45) is 0 Å². The molecule has 0 amide bonds. The number of halogens is 1. The molecule has 0 spiro atoms. The van der Waals surface area contributed by atoms with E-state index in [1.54, 1.807) is 0 Å². The average Bonchev–Trinajstić information content (AvgIpc) is 1.99. The third-order valence-electron chi connectivity index (χ3n) is 1.28. The van der Waals surface area contributed by atoms with Gasteiger partial charge in [-0.2, -0.15) is 0 Å². The van der Waals surface area contributed by atoms with Gasteiger partial charge in [-0.1, -0.05) is 0 Å². The summed E-state index contributed by atoms with van der Waals surface area (Å²) in [4.78, 5) is 0. The molecule has 0 saturated heterocycles. The predicted molar refractivity (Wildman–Crippen MR) is 47.0 cm³/mol. The molecular weight excluding hydrogens is 164 g/mol. The van der Waals surface area contributed by atoms with Gasteiger partial charge in [0.15, 0.2) is 6.29 Å². The Morgan fingerprint density at radius 3 is 2.55 bits per heavy atom. The van der Waals surface area contributed by atoms with E-state index in [1.807, 2.05) is 13.8 Å². The van der Waals surface area contributed by atoms with Crippen LogP contribution in [0.2, 0.25) is 0 Å². The average molecular weight is 181 g/mol. The zero-order chi connectivity index (χ0) is 8.53. The van der Waals surface area contributed by atoms with Crippen LogP contribution in [0, 0.1) is 0 Å². The maximum atomic E-state index is 5.49. The molecule has 0 radical (unpaired) electrons. The Morgan fingerprint density at radius 2 is 2.00 bits per heavy atom. The van der Waals surface area contributed by atoms with Crippen LogP contribution in [0.25, 0.3) is 0 Å². The SMILES string of the molecule is CCOC(C)OCCCCCl. The molecule has 0 rings (SSSR count). The van der Waals surface area contributed by atoms with Gasteiger partial charge in [0.05, 0.1) is 0 Å². The van der Waals surface area contributed by atoms with E-state index >= 15 is 0 Å². The van der Waals surface area contributed by atoms with Gasteiger partial charge in [-0.3, -0.25) is 0 Å². The number of ether oxygens (including phenoxy) is 2. The molecule has 0 aromatic carbocycles. The summed E-state index contributed by atoms with van der Waals surface area (Å²) in [6.45, 7) is 5.31. The molecule has 0 aliphatic heterocycles. The molecule has 0 aliphatic rings. The molecular formula is C8H17ClO2. The van der Waals surface area contributed by atoms with E-state index in [0.29, 0.717) is 12.5 Å². The Labute approximate surface area is 73.8 Å². The van der Waals surface area contributed by atoms with E-state index in [2.05, 4.69) is 0 Å². The number of hydrogen-bond acceptors (Lipinski definition) is 2. The third kappa shape index (κ3) is 8.11. The van der Waals surface area contributed by atoms with Crippen LogP contribution in [0.4, 0.5) is 0 Å². The van der Waals surface area contributed by atoms with E-state index in [-0.39, 0.29) is 6.29 Å². The smallest absolute Gasteiger partial charge is 0.154 e. The van der Waals surface area contributed by atoms with Gasteiger partial charge in [-0.15, -0.1) is 11.6 Å². The molecule has 0 aliphatic carbocycles. The summed E-state index contributed by atoms with van der Waals surface area (Å²) in [5.41, 5.74) is 0. The maximum absolute atomic E-state index is 5.49. The van der Waals surface area contributed by atoms with Gasteiger partial charge >= 0.3 is 0 Å². The third-order valence-corrected chi connectivity index (χ3v) is 1.55. The molecule has 0 fully saturated rings. The Morgan fingerprint density at radius 1 is 1.27 bits per heavy atom. The minimum Gasteiger partial charge on any atom is -0.353 e. The molecule has 0 aromatic heterocycles. The number of unbranched alkanes of at least 4 members (excludes halogenated alkanes) is 1. The van der Waals surface area contributed by atoms with E-state index in [9.17, 15) is 0 Å². The van der Waals surface area contributed by atoms with Crippen molar-refractivity contribution in [3.63, 3.8) is 0 Å². The van der Waals surface area contributed by atoms with Crippen LogP contribution in [0.15, 0.2) is 0 Å². The summed E-state index contributed by atoms with van der Waals surface area (Å²) < 4.78 is 10.5. The lowest BCUT2D eigenvalue weighted by Crippen LogP contribution is -2.13. The number of alkyl halides is 1. The first-order valence-electron chi connectivity index (χ1n) is 4.10. The standard InChI is InChI=1S/C8H17ClO2/c1-3-10-8(2)11-7-5-4-6-9/h8H,3-7H2,1-2H3. The van der Waals surface area contributed by atoms with Crippen LogP contribution in [0.3, 0.4) is 0 Å². The van der Waals surface area contributed by atoms with E-state index in [0.717, 1.165) is 19.4 Å². The molecule has 0 aromatic rings. The van der Waals surface area contributed by atoms with E-state index in [1.165, 1.54) is 0 Å². The molecule has 2 nitrogen and oxygen atoms in total. The highest BCUT2D eigenvalue weighted by molar-refractivity contribution is 6.17. The first-order chi connectivity index (χ1) is 5.31. The molecule has 1 atom stereocenters. The highest BCUT2D eigenvalue weighted by Gasteiger charge is 1.98. The van der Waals surface area contributed by atoms with Crippen molar-refractivity contribution < 1.29 is 9.47 Å². The Balaban J connectivity index is 2.97. The summed E-state index contributed by atoms with van der Waals surface area (Å²) in [5.74, 6) is 0.715. The lowest BCUT2D eigenvalue weighted by Gasteiger charge is -2.11. The first kappa shape index (κ1) is 11.2. The molecule has 3 heteroatoms. The molecule has 0 heterocycles. The van der Waals surface area contributed by atoms with Gasteiger partial charge in [0.1, 0.15) is 0 Å². The first-order valence-corrected chi connectivity index (χ1v) is 4.63. The fraction of sp³-hybridized carbons (Fsp3) is 1.00. The van der Waals surface area contributed by atoms with Crippen LogP contribution in [-0.2, 0) is 9.47 Å². The van der Waals surface area contributed by atoms with Crippen molar-refractivity contribution in [3.05, 3.63) is 0 Å². The zero-order valence-corrected chi connectivity index (χ0v) is 8.06. The van der Waals surface area contributed by atoms with Crippen LogP contribution < -0.4 is 0 Å². The summed E-state index contributed by atoms with van der Waals surface area (Å²) in [6.07, 6.45) is 1.96. The lowest BCUT2D eigenvalue weighted by atomic mass is 10.4. The van der Waals surface area contributed by atoms with Crippen LogP contribution in [0.1, 0.15) is 26.7 Å². The van der Waals surface area contributed by atoms with E-state index in [4.69, 9.17) is 21.1 Å². The van der Waals surface area contributed by atoms with Gasteiger partial charge in [0.25, 0.3) is 0 Å². The highest BCUT2D eigenvalue weighted by Crippen LogP contribution is 1.97. The molecule has 68 valence electrons. The normalized spacial score (nSPS) is 13.4. The second-order valence-corrected chi connectivity index (χ2v) is 2.67. The molecule has 0 saturated carbocycles. The summed E-state index contributed by atoms with van der Waals surface area (Å²) in [6, 6.07) is 0. The van der Waals surface area contributed by atoms with Crippen LogP contribution >= 0.6 is 11.6 Å². The monoisotopic (exact) mass is 180 g/mol. The summed E-state index contributed by atoms with van der Waals surface area (Å²) in [5, 5.41) is 0. The van der Waals surface area contributed by atoms with Crippen LogP contribution in [-0.4, -0.2) is 25.4 Å². The minimum absolute atomic E-state index is 0.0738. The number of hydrogen-bond donors (Lipinski definition) is 0. The van der Waals surface area contributed by atoms with Gasteiger partial charge in [0.2, 0.25) is 0 Å². The van der Waals surface area contributed by atoms with Gasteiger partial charge in [-0.05, 0) is 26.7 Å². The van der Waals surface area contributed by atoms with E-state index < -0.39 is 0 Å². The highest BCUT2D eigenvalue weighted by atomic mass is 35.5. The number of rotatable bonds is 7.